The van der Waals surface area contributed by atoms with Crippen molar-refractivity contribution < 1.29 is 4.74 Å². The van der Waals surface area contributed by atoms with Gasteiger partial charge in [0, 0.05) is 24.6 Å². The molecule has 0 aliphatic rings. The molecule has 0 saturated heterocycles. The SMILES string of the molecule is CCCCn1c(SCCOCC)nc(C)c1C. The van der Waals surface area contributed by atoms with Crippen molar-refractivity contribution in [3.63, 3.8) is 0 Å². The molecule has 0 radical (unpaired) electrons. The number of nitrogens with zero attached hydrogens (tertiary/aromatic N) is 2. The maximum atomic E-state index is 5.36. The topological polar surface area (TPSA) is 27.1 Å². The number of rotatable bonds is 8. The molecule has 0 bridgehead atoms. The van der Waals surface area contributed by atoms with Gasteiger partial charge in [0.2, 0.25) is 0 Å². The zero-order valence-corrected chi connectivity index (χ0v) is 12.3. The summed E-state index contributed by atoms with van der Waals surface area (Å²) in [7, 11) is 0. The first-order valence-electron chi connectivity index (χ1n) is 6.45. The van der Waals surface area contributed by atoms with Crippen molar-refractivity contribution in [3.05, 3.63) is 11.4 Å². The molecule has 98 valence electrons. The van der Waals surface area contributed by atoms with E-state index in [0.29, 0.717) is 0 Å². The molecule has 4 heteroatoms. The lowest BCUT2D eigenvalue weighted by molar-refractivity contribution is 0.164. The van der Waals surface area contributed by atoms with Crippen molar-refractivity contribution in [3.8, 4) is 0 Å². The minimum atomic E-state index is 0.795. The Morgan fingerprint density at radius 2 is 2.06 bits per heavy atom. The highest BCUT2D eigenvalue weighted by Gasteiger charge is 2.10. The zero-order chi connectivity index (χ0) is 12.7. The molecule has 3 nitrogen and oxygen atoms in total. The zero-order valence-electron chi connectivity index (χ0n) is 11.5. The van der Waals surface area contributed by atoms with Crippen LogP contribution in [0.3, 0.4) is 0 Å². The van der Waals surface area contributed by atoms with E-state index in [1.807, 2.05) is 6.92 Å². The van der Waals surface area contributed by atoms with Crippen LogP contribution in [0.1, 0.15) is 38.1 Å². The van der Waals surface area contributed by atoms with E-state index in [-0.39, 0.29) is 0 Å². The molecule has 1 heterocycles. The average molecular weight is 256 g/mol. The molecule has 0 amide bonds. The fourth-order valence-corrected chi connectivity index (χ4v) is 2.62. The lowest BCUT2D eigenvalue weighted by atomic mass is 10.3. The molecule has 0 spiro atoms. The molecule has 1 rings (SSSR count). The predicted molar refractivity (Wildman–Crippen MR) is 73.8 cm³/mol. The first-order valence-corrected chi connectivity index (χ1v) is 7.43. The standard InChI is InChI=1S/C13H24N2OS/c1-5-7-8-15-12(4)11(3)14-13(15)17-10-9-16-6-2/h5-10H2,1-4H3. The molecule has 0 N–H and O–H groups in total. The second-order valence-corrected chi connectivity index (χ2v) is 5.18. The van der Waals surface area contributed by atoms with Gasteiger partial charge in [-0.2, -0.15) is 0 Å². The number of thioether (sulfide) groups is 1. The summed E-state index contributed by atoms with van der Waals surface area (Å²) in [5.74, 6) is 0.982. The third-order valence-corrected chi connectivity index (χ3v) is 3.76. The Bertz CT molecular complexity index is 336. The second-order valence-electron chi connectivity index (χ2n) is 4.12. The van der Waals surface area contributed by atoms with E-state index in [1.54, 1.807) is 11.8 Å². The Labute approximate surface area is 109 Å². The summed E-state index contributed by atoms with van der Waals surface area (Å²) >= 11 is 1.80. The van der Waals surface area contributed by atoms with Crippen molar-refractivity contribution in [1.82, 2.24) is 9.55 Å². The van der Waals surface area contributed by atoms with Gasteiger partial charge in [-0.1, -0.05) is 25.1 Å². The highest BCUT2D eigenvalue weighted by Crippen LogP contribution is 2.21. The highest BCUT2D eigenvalue weighted by atomic mass is 32.2. The molecule has 0 atom stereocenters. The molecule has 0 saturated carbocycles. The number of aryl methyl sites for hydroxylation is 1. The summed E-state index contributed by atoms with van der Waals surface area (Å²) in [5.41, 5.74) is 2.46. The maximum absolute atomic E-state index is 5.36. The first kappa shape index (κ1) is 14.6. The maximum Gasteiger partial charge on any atom is 0.168 e. The van der Waals surface area contributed by atoms with Crippen molar-refractivity contribution in [2.45, 2.75) is 52.2 Å². The Balaban J connectivity index is 2.59. The first-order chi connectivity index (χ1) is 8.20. The van der Waals surface area contributed by atoms with Gasteiger partial charge >= 0.3 is 0 Å². The van der Waals surface area contributed by atoms with Gasteiger partial charge in [0.1, 0.15) is 0 Å². The van der Waals surface area contributed by atoms with E-state index in [2.05, 4.69) is 30.3 Å². The number of hydrogen-bond acceptors (Lipinski definition) is 3. The van der Waals surface area contributed by atoms with E-state index >= 15 is 0 Å². The smallest absolute Gasteiger partial charge is 0.168 e. The molecule has 0 unspecified atom stereocenters. The van der Waals surface area contributed by atoms with Crippen LogP contribution in [0.2, 0.25) is 0 Å². The van der Waals surface area contributed by atoms with Crippen molar-refractivity contribution in [2.75, 3.05) is 19.0 Å². The van der Waals surface area contributed by atoms with Gasteiger partial charge in [-0.25, -0.2) is 4.98 Å². The summed E-state index contributed by atoms with van der Waals surface area (Å²) in [6, 6.07) is 0. The number of aromatic nitrogens is 2. The third kappa shape index (κ3) is 4.36. The summed E-state index contributed by atoms with van der Waals surface area (Å²) in [6.45, 7) is 11.2. The minimum Gasteiger partial charge on any atom is -0.381 e. The number of imidazole rings is 1. The molecular formula is C13H24N2OS. The summed E-state index contributed by atoms with van der Waals surface area (Å²) in [6.07, 6.45) is 2.44. The summed E-state index contributed by atoms with van der Waals surface area (Å²) < 4.78 is 7.70. The van der Waals surface area contributed by atoms with E-state index in [9.17, 15) is 0 Å². The van der Waals surface area contributed by atoms with Crippen LogP contribution in [0.5, 0.6) is 0 Å². The lowest BCUT2D eigenvalue weighted by Crippen LogP contribution is -2.04. The summed E-state index contributed by atoms with van der Waals surface area (Å²) in [5, 5.41) is 1.15. The largest absolute Gasteiger partial charge is 0.381 e. The molecule has 0 aliphatic heterocycles. The van der Waals surface area contributed by atoms with Gasteiger partial charge in [0.05, 0.1) is 12.3 Å². The number of unbranched alkanes of at least 4 members (excludes halogenated alkanes) is 1. The van der Waals surface area contributed by atoms with E-state index in [0.717, 1.165) is 36.4 Å². The van der Waals surface area contributed by atoms with Crippen molar-refractivity contribution in [2.24, 2.45) is 0 Å². The fraction of sp³-hybridized carbons (Fsp3) is 0.769. The van der Waals surface area contributed by atoms with E-state index in [1.165, 1.54) is 18.5 Å². The Hall–Kier alpha value is -0.480. The van der Waals surface area contributed by atoms with E-state index < -0.39 is 0 Å². The predicted octanol–water partition coefficient (Wildman–Crippen LogP) is 3.43. The van der Waals surface area contributed by atoms with Crippen molar-refractivity contribution >= 4 is 11.8 Å². The van der Waals surface area contributed by atoms with Crippen LogP contribution < -0.4 is 0 Å². The number of hydrogen-bond donors (Lipinski definition) is 0. The lowest BCUT2D eigenvalue weighted by Gasteiger charge is -2.08. The molecule has 1 aromatic heterocycles. The Morgan fingerprint density at radius 1 is 1.29 bits per heavy atom. The van der Waals surface area contributed by atoms with Crippen LogP contribution in [-0.2, 0) is 11.3 Å². The molecule has 0 aromatic carbocycles. The van der Waals surface area contributed by atoms with Crippen LogP contribution in [0, 0.1) is 13.8 Å². The molecule has 0 fully saturated rings. The van der Waals surface area contributed by atoms with Gasteiger partial charge in [-0.3, -0.25) is 0 Å². The van der Waals surface area contributed by atoms with E-state index in [4.69, 9.17) is 4.74 Å². The normalized spacial score (nSPS) is 11.1. The van der Waals surface area contributed by atoms with Crippen LogP contribution in [0.4, 0.5) is 0 Å². The van der Waals surface area contributed by atoms with Crippen LogP contribution in [0.25, 0.3) is 0 Å². The number of ether oxygens (including phenoxy) is 1. The highest BCUT2D eigenvalue weighted by molar-refractivity contribution is 7.99. The monoisotopic (exact) mass is 256 g/mol. The molecule has 1 aromatic rings. The fourth-order valence-electron chi connectivity index (χ4n) is 1.65. The average Bonchev–Trinajstić information content (AvgIpc) is 2.59. The summed E-state index contributed by atoms with van der Waals surface area (Å²) in [4.78, 5) is 4.63. The Kier molecular flexibility index (Phi) is 6.66. The van der Waals surface area contributed by atoms with Gasteiger partial charge in [0.25, 0.3) is 0 Å². The van der Waals surface area contributed by atoms with Gasteiger partial charge in [0.15, 0.2) is 5.16 Å². The van der Waals surface area contributed by atoms with Crippen LogP contribution in [0.15, 0.2) is 5.16 Å². The molecule has 17 heavy (non-hydrogen) atoms. The second kappa shape index (κ2) is 7.77. The quantitative estimate of drug-likeness (QED) is 0.527. The van der Waals surface area contributed by atoms with Crippen LogP contribution in [-0.4, -0.2) is 28.5 Å². The third-order valence-electron chi connectivity index (χ3n) is 2.82. The van der Waals surface area contributed by atoms with Gasteiger partial charge < -0.3 is 9.30 Å². The van der Waals surface area contributed by atoms with Crippen molar-refractivity contribution in [1.29, 1.82) is 0 Å². The minimum absolute atomic E-state index is 0.795. The van der Waals surface area contributed by atoms with Crippen LogP contribution >= 0.6 is 11.8 Å². The van der Waals surface area contributed by atoms with Gasteiger partial charge in [-0.05, 0) is 27.2 Å². The van der Waals surface area contributed by atoms with Gasteiger partial charge in [-0.15, -0.1) is 0 Å². The molecule has 0 aliphatic carbocycles. The molecular weight excluding hydrogens is 232 g/mol. The Morgan fingerprint density at radius 3 is 2.71 bits per heavy atom.